The van der Waals surface area contributed by atoms with Gasteiger partial charge in [-0.25, -0.2) is 4.98 Å². The van der Waals surface area contributed by atoms with Crippen molar-refractivity contribution >= 4 is 0 Å². The smallest absolute Gasteiger partial charge is 0.147 e. The van der Waals surface area contributed by atoms with Crippen molar-refractivity contribution in [3.63, 3.8) is 0 Å². The van der Waals surface area contributed by atoms with Crippen molar-refractivity contribution < 1.29 is 4.74 Å². The maximum Gasteiger partial charge on any atom is 0.147 e. The number of nitriles is 1. The van der Waals surface area contributed by atoms with E-state index in [2.05, 4.69) is 16.4 Å². The van der Waals surface area contributed by atoms with Crippen LogP contribution in [0.25, 0.3) is 0 Å². The summed E-state index contributed by atoms with van der Waals surface area (Å²) in [6, 6.07) is 13.6. The summed E-state index contributed by atoms with van der Waals surface area (Å²) in [5.74, 6) is 0.792. The molecule has 0 atom stereocenters. The van der Waals surface area contributed by atoms with Crippen LogP contribution in [0.4, 0.5) is 0 Å². The van der Waals surface area contributed by atoms with E-state index < -0.39 is 0 Å². The molecule has 0 aliphatic carbocycles. The fraction of sp³-hybridized carbons (Fsp3) is 0.200. The van der Waals surface area contributed by atoms with Gasteiger partial charge >= 0.3 is 0 Å². The van der Waals surface area contributed by atoms with Gasteiger partial charge in [0, 0.05) is 18.3 Å². The first-order valence-electron chi connectivity index (χ1n) is 6.04. The van der Waals surface area contributed by atoms with Crippen LogP contribution in [0.2, 0.25) is 0 Å². The molecule has 2 aromatic rings. The first-order valence-corrected chi connectivity index (χ1v) is 6.04. The molecule has 4 nitrogen and oxygen atoms in total. The van der Waals surface area contributed by atoms with Crippen molar-refractivity contribution in [2.75, 3.05) is 7.05 Å². The largest absolute Gasteiger partial charge is 0.489 e. The first-order chi connectivity index (χ1) is 9.33. The van der Waals surface area contributed by atoms with Crippen LogP contribution in [0.1, 0.15) is 16.8 Å². The molecule has 0 saturated heterocycles. The zero-order chi connectivity index (χ0) is 13.5. The second-order valence-corrected chi connectivity index (χ2v) is 4.09. The fourth-order valence-corrected chi connectivity index (χ4v) is 1.77. The van der Waals surface area contributed by atoms with E-state index in [0.717, 1.165) is 23.4 Å². The summed E-state index contributed by atoms with van der Waals surface area (Å²) in [7, 11) is 1.91. The van der Waals surface area contributed by atoms with E-state index in [4.69, 9.17) is 10.00 Å². The van der Waals surface area contributed by atoms with Crippen LogP contribution >= 0.6 is 0 Å². The van der Waals surface area contributed by atoms with E-state index in [1.165, 1.54) is 0 Å². The molecule has 96 valence electrons. The maximum atomic E-state index is 8.95. The average molecular weight is 253 g/mol. The molecule has 1 aromatic heterocycles. The number of hydrogen-bond donors (Lipinski definition) is 1. The second-order valence-electron chi connectivity index (χ2n) is 4.09. The van der Waals surface area contributed by atoms with Crippen molar-refractivity contribution in [1.82, 2.24) is 10.3 Å². The molecule has 0 saturated carbocycles. The number of benzene rings is 1. The number of pyridine rings is 1. The van der Waals surface area contributed by atoms with Crippen LogP contribution in [-0.2, 0) is 13.2 Å². The number of nitrogens with one attached hydrogen (secondary N) is 1. The molecule has 0 fully saturated rings. The average Bonchev–Trinajstić information content (AvgIpc) is 2.46. The molecule has 0 radical (unpaired) electrons. The minimum absolute atomic E-state index is 0.347. The third kappa shape index (κ3) is 3.54. The highest BCUT2D eigenvalue weighted by molar-refractivity contribution is 5.32. The lowest BCUT2D eigenvalue weighted by Crippen LogP contribution is -2.05. The highest BCUT2D eigenvalue weighted by Crippen LogP contribution is 2.15. The molecule has 0 bridgehead atoms. The molecule has 1 aromatic carbocycles. The molecule has 19 heavy (non-hydrogen) atoms. The number of rotatable bonds is 5. The Morgan fingerprint density at radius 2 is 2.21 bits per heavy atom. The lowest BCUT2D eigenvalue weighted by atomic mass is 10.2. The topological polar surface area (TPSA) is 57.9 Å². The van der Waals surface area contributed by atoms with Gasteiger partial charge in [-0.05, 0) is 30.8 Å². The quantitative estimate of drug-likeness (QED) is 0.888. The number of nitrogens with zero attached hydrogens (tertiary/aromatic N) is 2. The first kappa shape index (κ1) is 13.1. The number of aromatic nitrogens is 1. The molecular formula is C15H15N3O. The Morgan fingerprint density at radius 3 is 3.00 bits per heavy atom. The van der Waals surface area contributed by atoms with E-state index in [0.29, 0.717) is 12.3 Å². The zero-order valence-corrected chi connectivity index (χ0v) is 10.8. The fourth-order valence-electron chi connectivity index (χ4n) is 1.77. The van der Waals surface area contributed by atoms with Crippen molar-refractivity contribution in [3.8, 4) is 11.8 Å². The Bertz CT molecular complexity index is 590. The van der Waals surface area contributed by atoms with Crippen LogP contribution in [0.3, 0.4) is 0 Å². The summed E-state index contributed by atoms with van der Waals surface area (Å²) in [4.78, 5) is 4.01. The predicted octanol–water partition coefficient (Wildman–Crippen LogP) is 2.25. The molecule has 0 aliphatic heterocycles. The Labute approximate surface area is 112 Å². The second kappa shape index (κ2) is 6.53. The highest BCUT2D eigenvalue weighted by atomic mass is 16.5. The molecular weight excluding hydrogens is 238 g/mol. The van der Waals surface area contributed by atoms with Crippen molar-refractivity contribution in [2.45, 2.75) is 13.2 Å². The Morgan fingerprint density at radius 1 is 1.32 bits per heavy atom. The monoisotopic (exact) mass is 253 g/mol. The van der Waals surface area contributed by atoms with E-state index in [1.807, 2.05) is 37.4 Å². The van der Waals surface area contributed by atoms with Crippen LogP contribution in [0.5, 0.6) is 5.75 Å². The van der Waals surface area contributed by atoms with E-state index in [1.54, 1.807) is 12.3 Å². The zero-order valence-electron chi connectivity index (χ0n) is 10.8. The van der Waals surface area contributed by atoms with E-state index in [-0.39, 0.29) is 0 Å². The van der Waals surface area contributed by atoms with Gasteiger partial charge in [0.2, 0.25) is 0 Å². The van der Waals surface area contributed by atoms with Gasteiger partial charge in [-0.1, -0.05) is 18.2 Å². The van der Waals surface area contributed by atoms with Gasteiger partial charge < -0.3 is 10.1 Å². The van der Waals surface area contributed by atoms with Crippen molar-refractivity contribution in [1.29, 1.82) is 5.26 Å². The van der Waals surface area contributed by atoms with Gasteiger partial charge in [0.05, 0.1) is 0 Å². The molecule has 0 aliphatic rings. The Balaban J connectivity index is 2.06. The van der Waals surface area contributed by atoms with Crippen LogP contribution in [-0.4, -0.2) is 12.0 Å². The summed E-state index contributed by atoms with van der Waals surface area (Å²) >= 11 is 0. The molecule has 4 heteroatoms. The summed E-state index contributed by atoms with van der Waals surface area (Å²) in [6.07, 6.45) is 1.61. The lowest BCUT2D eigenvalue weighted by molar-refractivity contribution is 0.305. The Hall–Kier alpha value is -2.38. The highest BCUT2D eigenvalue weighted by Gasteiger charge is 2.03. The van der Waals surface area contributed by atoms with Gasteiger partial charge in [0.15, 0.2) is 0 Å². The summed E-state index contributed by atoms with van der Waals surface area (Å²) in [5.41, 5.74) is 2.37. The van der Waals surface area contributed by atoms with E-state index in [9.17, 15) is 0 Å². The minimum Gasteiger partial charge on any atom is -0.489 e. The lowest BCUT2D eigenvalue weighted by Gasteiger charge is -2.08. The molecule has 0 amide bonds. The normalized spacial score (nSPS) is 9.89. The van der Waals surface area contributed by atoms with Gasteiger partial charge in [0.1, 0.15) is 24.1 Å². The summed E-state index contributed by atoms with van der Waals surface area (Å²) in [6.45, 7) is 1.15. The van der Waals surface area contributed by atoms with Crippen molar-refractivity contribution in [3.05, 3.63) is 59.4 Å². The van der Waals surface area contributed by atoms with Crippen molar-refractivity contribution in [2.24, 2.45) is 0 Å². The number of hydrogen-bond acceptors (Lipinski definition) is 4. The molecule has 0 spiro atoms. The van der Waals surface area contributed by atoms with Gasteiger partial charge in [0.25, 0.3) is 0 Å². The van der Waals surface area contributed by atoms with Gasteiger partial charge in [-0.3, -0.25) is 0 Å². The Kier molecular flexibility index (Phi) is 4.49. The van der Waals surface area contributed by atoms with E-state index >= 15 is 0 Å². The van der Waals surface area contributed by atoms with Gasteiger partial charge in [-0.2, -0.15) is 5.26 Å². The van der Waals surface area contributed by atoms with Crippen LogP contribution in [0.15, 0.2) is 42.6 Å². The third-order valence-corrected chi connectivity index (χ3v) is 2.67. The molecule has 0 unspecified atom stereocenters. The maximum absolute atomic E-state index is 8.95. The SMILES string of the molecule is CNCc1cccc(OCc2cccnc2C#N)c1. The third-order valence-electron chi connectivity index (χ3n) is 2.67. The van der Waals surface area contributed by atoms with Gasteiger partial charge in [-0.15, -0.1) is 0 Å². The minimum atomic E-state index is 0.347. The molecule has 2 rings (SSSR count). The standard InChI is InChI=1S/C15H15N3O/c1-17-10-12-4-2-6-14(8-12)19-11-13-5-3-7-18-15(13)9-16/h2-8,17H,10-11H2,1H3. The molecule has 1 N–H and O–H groups in total. The summed E-state index contributed by atoms with van der Waals surface area (Å²) < 4.78 is 5.70. The summed E-state index contributed by atoms with van der Waals surface area (Å²) in [5, 5.41) is 12.0. The predicted molar refractivity (Wildman–Crippen MR) is 72.5 cm³/mol. The van der Waals surface area contributed by atoms with Crippen LogP contribution < -0.4 is 10.1 Å². The molecule has 1 heterocycles. The number of ether oxygens (including phenoxy) is 1. The van der Waals surface area contributed by atoms with Crippen LogP contribution in [0, 0.1) is 11.3 Å².